The Morgan fingerprint density at radius 3 is 2.96 bits per heavy atom. The molecular formula is C20H26N4O. The number of hydrogen-bond acceptors (Lipinski definition) is 4. The van der Waals surface area contributed by atoms with E-state index in [0.29, 0.717) is 12.4 Å². The Bertz CT molecular complexity index is 842. The van der Waals surface area contributed by atoms with Gasteiger partial charge in [0.25, 0.3) is 5.56 Å². The maximum atomic E-state index is 12.2. The van der Waals surface area contributed by atoms with Gasteiger partial charge in [0.15, 0.2) is 0 Å². The summed E-state index contributed by atoms with van der Waals surface area (Å²) in [4.78, 5) is 24.4. The molecule has 0 bridgehead atoms. The smallest absolute Gasteiger partial charge is 0.255 e. The Hall–Kier alpha value is -2.14. The second kappa shape index (κ2) is 6.64. The maximum Gasteiger partial charge on any atom is 0.255 e. The van der Waals surface area contributed by atoms with Crippen molar-refractivity contribution in [2.45, 2.75) is 46.2 Å². The molecule has 3 heterocycles. The van der Waals surface area contributed by atoms with E-state index in [9.17, 15) is 4.79 Å². The Labute approximate surface area is 148 Å². The summed E-state index contributed by atoms with van der Waals surface area (Å²) in [5.41, 5.74) is 6.05. The molecule has 0 amide bonds. The van der Waals surface area contributed by atoms with Crippen molar-refractivity contribution in [2.24, 2.45) is 0 Å². The van der Waals surface area contributed by atoms with Crippen LogP contribution >= 0.6 is 0 Å². The fourth-order valence-corrected chi connectivity index (χ4v) is 4.15. The molecule has 0 atom stereocenters. The molecule has 132 valence electrons. The highest BCUT2D eigenvalue weighted by atomic mass is 16.1. The molecule has 1 aromatic carbocycles. The topological polar surface area (TPSA) is 52.2 Å². The van der Waals surface area contributed by atoms with Crippen molar-refractivity contribution >= 4 is 5.69 Å². The first-order valence-corrected chi connectivity index (χ1v) is 9.32. The van der Waals surface area contributed by atoms with Gasteiger partial charge in [-0.15, -0.1) is 0 Å². The minimum Gasteiger partial charge on any atom is -0.372 e. The molecule has 0 spiro atoms. The Kier molecular flexibility index (Phi) is 4.34. The van der Waals surface area contributed by atoms with Crippen LogP contribution in [0, 0.1) is 6.92 Å². The summed E-state index contributed by atoms with van der Waals surface area (Å²) in [5, 5.41) is 0. The lowest BCUT2D eigenvalue weighted by atomic mass is 9.98. The van der Waals surface area contributed by atoms with Crippen molar-refractivity contribution in [2.75, 3.05) is 24.5 Å². The van der Waals surface area contributed by atoms with Crippen LogP contribution in [0.25, 0.3) is 0 Å². The number of nitrogens with zero attached hydrogens (tertiary/aromatic N) is 3. The van der Waals surface area contributed by atoms with Gasteiger partial charge in [-0.25, -0.2) is 4.98 Å². The second-order valence-corrected chi connectivity index (χ2v) is 7.18. The standard InChI is InChI=1S/C20H26N4O/c1-3-24-9-4-5-16-11-15(6-7-19(16)24)12-23-10-8-18-17(13-23)20(25)22-14(2)21-18/h6-7,11H,3-5,8-10,12-13H2,1-2H3,(H,21,22,25). The van der Waals surface area contributed by atoms with Gasteiger partial charge in [-0.05, 0) is 43.9 Å². The van der Waals surface area contributed by atoms with Crippen molar-refractivity contribution in [1.29, 1.82) is 0 Å². The number of rotatable bonds is 3. The molecule has 5 nitrogen and oxygen atoms in total. The molecule has 0 saturated carbocycles. The van der Waals surface area contributed by atoms with Gasteiger partial charge in [-0.1, -0.05) is 12.1 Å². The van der Waals surface area contributed by atoms with Gasteiger partial charge in [0.1, 0.15) is 5.82 Å². The highest BCUT2D eigenvalue weighted by molar-refractivity contribution is 5.56. The summed E-state index contributed by atoms with van der Waals surface area (Å²) in [6.07, 6.45) is 3.27. The predicted molar refractivity (Wildman–Crippen MR) is 100 cm³/mol. The van der Waals surface area contributed by atoms with Gasteiger partial charge in [0, 0.05) is 44.8 Å². The summed E-state index contributed by atoms with van der Waals surface area (Å²) < 4.78 is 0. The van der Waals surface area contributed by atoms with Crippen LogP contribution < -0.4 is 10.5 Å². The van der Waals surface area contributed by atoms with Crippen LogP contribution in [-0.4, -0.2) is 34.5 Å². The SMILES string of the molecule is CCN1CCCc2cc(CN3CCc4nc(C)[nH]c(=O)c4C3)ccc21. The fourth-order valence-electron chi connectivity index (χ4n) is 4.15. The van der Waals surface area contributed by atoms with Crippen molar-refractivity contribution in [1.82, 2.24) is 14.9 Å². The minimum absolute atomic E-state index is 0.0243. The maximum absolute atomic E-state index is 12.2. The normalized spacial score (nSPS) is 17.3. The molecule has 4 rings (SSSR count). The van der Waals surface area contributed by atoms with Gasteiger partial charge in [0.2, 0.25) is 0 Å². The first-order valence-electron chi connectivity index (χ1n) is 9.32. The molecule has 0 aliphatic carbocycles. The summed E-state index contributed by atoms with van der Waals surface area (Å²) >= 11 is 0. The number of aromatic amines is 1. The molecule has 1 aromatic heterocycles. The summed E-state index contributed by atoms with van der Waals surface area (Å²) in [6, 6.07) is 6.90. The largest absolute Gasteiger partial charge is 0.372 e. The highest BCUT2D eigenvalue weighted by Crippen LogP contribution is 2.28. The van der Waals surface area contributed by atoms with E-state index in [-0.39, 0.29) is 5.56 Å². The van der Waals surface area contributed by atoms with Crippen molar-refractivity contribution in [3.63, 3.8) is 0 Å². The summed E-state index contributed by atoms with van der Waals surface area (Å²) in [6.45, 7) is 8.86. The zero-order valence-corrected chi connectivity index (χ0v) is 15.1. The zero-order valence-electron chi connectivity index (χ0n) is 15.1. The second-order valence-electron chi connectivity index (χ2n) is 7.18. The van der Waals surface area contributed by atoms with E-state index in [1.165, 1.54) is 36.2 Å². The molecule has 1 N–H and O–H groups in total. The molecule has 2 aliphatic heterocycles. The van der Waals surface area contributed by atoms with E-state index in [2.05, 4.69) is 44.9 Å². The van der Waals surface area contributed by atoms with Crippen molar-refractivity contribution in [3.8, 4) is 0 Å². The van der Waals surface area contributed by atoms with Crippen LogP contribution in [0.5, 0.6) is 0 Å². The van der Waals surface area contributed by atoms with E-state index < -0.39 is 0 Å². The number of hydrogen-bond donors (Lipinski definition) is 1. The Morgan fingerprint density at radius 1 is 1.24 bits per heavy atom. The predicted octanol–water partition coefficient (Wildman–Crippen LogP) is 2.41. The van der Waals surface area contributed by atoms with Crippen LogP contribution in [0.15, 0.2) is 23.0 Å². The fraction of sp³-hybridized carbons (Fsp3) is 0.500. The van der Waals surface area contributed by atoms with E-state index in [0.717, 1.165) is 37.3 Å². The number of anilines is 1. The number of fused-ring (bicyclic) bond motifs is 2. The lowest BCUT2D eigenvalue weighted by Crippen LogP contribution is -2.35. The third-order valence-corrected chi connectivity index (χ3v) is 5.41. The number of aryl methyl sites for hydroxylation is 2. The van der Waals surface area contributed by atoms with E-state index in [1.807, 2.05) is 6.92 Å². The van der Waals surface area contributed by atoms with Gasteiger partial charge >= 0.3 is 0 Å². The van der Waals surface area contributed by atoms with Gasteiger partial charge in [-0.2, -0.15) is 0 Å². The lowest BCUT2D eigenvalue weighted by Gasteiger charge is -2.31. The Balaban J connectivity index is 1.53. The monoisotopic (exact) mass is 338 g/mol. The zero-order chi connectivity index (χ0) is 17.4. The van der Waals surface area contributed by atoms with Gasteiger partial charge in [0.05, 0.1) is 11.3 Å². The van der Waals surface area contributed by atoms with Crippen LogP contribution in [0.3, 0.4) is 0 Å². The molecular weight excluding hydrogens is 312 g/mol. The average molecular weight is 338 g/mol. The number of aromatic nitrogens is 2. The molecule has 5 heteroatoms. The number of H-pyrrole nitrogens is 1. The van der Waals surface area contributed by atoms with Gasteiger partial charge in [-0.3, -0.25) is 9.69 Å². The molecule has 0 saturated heterocycles. The molecule has 0 radical (unpaired) electrons. The first kappa shape index (κ1) is 16.3. The number of nitrogens with one attached hydrogen (secondary N) is 1. The Morgan fingerprint density at radius 2 is 2.12 bits per heavy atom. The van der Waals surface area contributed by atoms with Gasteiger partial charge < -0.3 is 9.88 Å². The summed E-state index contributed by atoms with van der Waals surface area (Å²) in [5.74, 6) is 0.715. The van der Waals surface area contributed by atoms with Crippen LogP contribution in [0.2, 0.25) is 0 Å². The van der Waals surface area contributed by atoms with Crippen LogP contribution in [0.1, 0.15) is 41.6 Å². The van der Waals surface area contributed by atoms with E-state index in [4.69, 9.17) is 0 Å². The molecule has 25 heavy (non-hydrogen) atoms. The molecule has 2 aliphatic rings. The van der Waals surface area contributed by atoms with Crippen molar-refractivity contribution in [3.05, 3.63) is 56.8 Å². The third-order valence-electron chi connectivity index (χ3n) is 5.41. The van der Waals surface area contributed by atoms with Crippen LogP contribution in [-0.2, 0) is 25.9 Å². The molecule has 0 fully saturated rings. The molecule has 2 aromatic rings. The van der Waals surface area contributed by atoms with Crippen LogP contribution in [0.4, 0.5) is 5.69 Å². The minimum atomic E-state index is 0.0243. The van der Waals surface area contributed by atoms with E-state index >= 15 is 0 Å². The third kappa shape index (κ3) is 3.21. The van der Waals surface area contributed by atoms with E-state index in [1.54, 1.807) is 0 Å². The average Bonchev–Trinajstić information content (AvgIpc) is 2.61. The van der Waals surface area contributed by atoms with Crippen molar-refractivity contribution < 1.29 is 0 Å². The highest BCUT2D eigenvalue weighted by Gasteiger charge is 2.21. The summed E-state index contributed by atoms with van der Waals surface area (Å²) in [7, 11) is 0. The quantitative estimate of drug-likeness (QED) is 0.934. The number of benzene rings is 1. The first-order chi connectivity index (χ1) is 12.1. The molecule has 0 unspecified atom stereocenters. The lowest BCUT2D eigenvalue weighted by molar-refractivity contribution is 0.241.